The fraction of sp³-hybridized carbons (Fsp3) is 0.136. The first-order chi connectivity index (χ1) is 13.2. The zero-order valence-electron chi connectivity index (χ0n) is 14.7. The Bertz CT molecular complexity index is 1050. The van der Waals surface area contributed by atoms with Crippen LogP contribution in [0.4, 0.5) is 0 Å². The molecule has 0 fully saturated rings. The molecular weight excluding hydrogens is 340 g/mol. The normalized spacial score (nSPS) is 12.3. The van der Waals surface area contributed by atoms with Crippen molar-refractivity contribution >= 4 is 16.9 Å². The average molecular weight is 360 g/mol. The van der Waals surface area contributed by atoms with Crippen LogP contribution in [0.3, 0.4) is 0 Å². The predicted octanol–water partition coefficient (Wildman–Crippen LogP) is 4.21. The first-order valence-electron chi connectivity index (χ1n) is 8.86. The van der Waals surface area contributed by atoms with Crippen molar-refractivity contribution < 1.29 is 14.3 Å². The zero-order chi connectivity index (χ0) is 18.6. The van der Waals surface area contributed by atoms with Crippen LogP contribution in [0, 0.1) is 0 Å². The molecule has 0 radical (unpaired) electrons. The molecule has 2 aromatic heterocycles. The third-order valence-corrected chi connectivity index (χ3v) is 4.64. The maximum atomic E-state index is 11.7. The van der Waals surface area contributed by atoms with Gasteiger partial charge in [-0.2, -0.15) is 0 Å². The molecule has 0 spiro atoms. The van der Waals surface area contributed by atoms with Gasteiger partial charge in [-0.3, -0.25) is 10.1 Å². The number of furan rings is 1. The van der Waals surface area contributed by atoms with Crippen LogP contribution >= 0.6 is 0 Å². The molecule has 1 unspecified atom stereocenters. The second-order valence-electron chi connectivity index (χ2n) is 6.47. The fourth-order valence-corrected chi connectivity index (χ4v) is 3.22. The van der Waals surface area contributed by atoms with Crippen molar-refractivity contribution in [2.45, 2.75) is 19.0 Å². The zero-order valence-corrected chi connectivity index (χ0v) is 14.7. The number of nitrogens with one attached hydrogen (secondary N) is 2. The third kappa shape index (κ3) is 3.78. The number of carboxylic acid groups (broad SMARTS) is 1. The number of benzene rings is 2. The lowest BCUT2D eigenvalue weighted by Gasteiger charge is -2.13. The summed E-state index contributed by atoms with van der Waals surface area (Å²) in [5.41, 5.74) is 2.99. The summed E-state index contributed by atoms with van der Waals surface area (Å²) in [4.78, 5) is 14.9. The van der Waals surface area contributed by atoms with Gasteiger partial charge in [0, 0.05) is 29.1 Å². The van der Waals surface area contributed by atoms with Gasteiger partial charge < -0.3 is 14.5 Å². The standard InChI is InChI=1S/C22H20N2O3/c25-22(26)20(12-16-13-23-19-9-5-4-8-18(16)19)24-14-17-10-11-21(27-17)15-6-2-1-3-7-15/h1-11,13,20,23-24H,12,14H2,(H,25,26). The number of aromatic amines is 1. The summed E-state index contributed by atoms with van der Waals surface area (Å²) in [6, 6.07) is 20.8. The Morgan fingerprint density at radius 1 is 1.04 bits per heavy atom. The molecule has 0 saturated carbocycles. The highest BCUT2D eigenvalue weighted by Gasteiger charge is 2.19. The molecule has 27 heavy (non-hydrogen) atoms. The van der Waals surface area contributed by atoms with Gasteiger partial charge in [-0.15, -0.1) is 0 Å². The van der Waals surface area contributed by atoms with Gasteiger partial charge >= 0.3 is 5.97 Å². The van der Waals surface area contributed by atoms with E-state index in [0.717, 1.165) is 27.8 Å². The molecular formula is C22H20N2O3. The van der Waals surface area contributed by atoms with Crippen LogP contribution in [0.25, 0.3) is 22.2 Å². The summed E-state index contributed by atoms with van der Waals surface area (Å²) in [6.45, 7) is 0.353. The van der Waals surface area contributed by atoms with Gasteiger partial charge in [0.15, 0.2) is 0 Å². The van der Waals surface area contributed by atoms with Crippen molar-refractivity contribution in [2.24, 2.45) is 0 Å². The monoisotopic (exact) mass is 360 g/mol. The maximum Gasteiger partial charge on any atom is 0.321 e. The van der Waals surface area contributed by atoms with Crippen LogP contribution in [0.15, 0.2) is 77.3 Å². The van der Waals surface area contributed by atoms with Crippen molar-refractivity contribution in [3.8, 4) is 11.3 Å². The quantitative estimate of drug-likeness (QED) is 0.461. The number of para-hydroxylation sites is 1. The van der Waals surface area contributed by atoms with Crippen LogP contribution in [-0.2, 0) is 17.8 Å². The second kappa shape index (κ2) is 7.51. The highest BCUT2D eigenvalue weighted by molar-refractivity contribution is 5.84. The molecule has 0 amide bonds. The Hall–Kier alpha value is -3.31. The van der Waals surface area contributed by atoms with E-state index in [1.54, 1.807) is 0 Å². The van der Waals surface area contributed by atoms with Crippen molar-refractivity contribution in [3.05, 3.63) is 84.3 Å². The van der Waals surface area contributed by atoms with E-state index in [-0.39, 0.29) is 0 Å². The minimum absolute atomic E-state index is 0.353. The first-order valence-corrected chi connectivity index (χ1v) is 8.86. The number of aliphatic carboxylic acids is 1. The van der Waals surface area contributed by atoms with Crippen LogP contribution in [-0.4, -0.2) is 22.1 Å². The first kappa shape index (κ1) is 17.1. The third-order valence-electron chi connectivity index (χ3n) is 4.64. The summed E-state index contributed by atoms with van der Waals surface area (Å²) >= 11 is 0. The summed E-state index contributed by atoms with van der Waals surface area (Å²) in [5.74, 6) is 0.602. The Morgan fingerprint density at radius 2 is 1.81 bits per heavy atom. The molecule has 0 aliphatic carbocycles. The van der Waals surface area contributed by atoms with Crippen LogP contribution in [0.2, 0.25) is 0 Å². The Balaban J connectivity index is 1.45. The molecule has 2 heterocycles. The van der Waals surface area contributed by atoms with Gasteiger partial charge in [0.25, 0.3) is 0 Å². The van der Waals surface area contributed by atoms with E-state index in [2.05, 4.69) is 10.3 Å². The number of fused-ring (bicyclic) bond motifs is 1. The lowest BCUT2D eigenvalue weighted by Crippen LogP contribution is -2.37. The van der Waals surface area contributed by atoms with Crippen molar-refractivity contribution in [1.29, 1.82) is 0 Å². The molecule has 4 aromatic rings. The molecule has 5 heteroatoms. The largest absolute Gasteiger partial charge is 0.480 e. The van der Waals surface area contributed by atoms with Gasteiger partial charge in [-0.05, 0) is 23.8 Å². The van der Waals surface area contributed by atoms with E-state index in [9.17, 15) is 9.90 Å². The Morgan fingerprint density at radius 3 is 2.63 bits per heavy atom. The minimum atomic E-state index is -0.880. The second-order valence-corrected chi connectivity index (χ2v) is 6.47. The topological polar surface area (TPSA) is 78.3 Å². The Kier molecular flexibility index (Phi) is 4.77. The van der Waals surface area contributed by atoms with Gasteiger partial charge in [-0.1, -0.05) is 48.5 Å². The molecule has 136 valence electrons. The molecule has 1 atom stereocenters. The molecule has 0 aliphatic heterocycles. The lowest BCUT2D eigenvalue weighted by molar-refractivity contribution is -0.139. The van der Waals surface area contributed by atoms with E-state index in [1.807, 2.05) is 72.9 Å². The fourth-order valence-electron chi connectivity index (χ4n) is 3.22. The average Bonchev–Trinajstić information content (AvgIpc) is 3.33. The van der Waals surface area contributed by atoms with Gasteiger partial charge in [-0.25, -0.2) is 0 Å². The lowest BCUT2D eigenvalue weighted by atomic mass is 10.0. The van der Waals surface area contributed by atoms with Gasteiger partial charge in [0.1, 0.15) is 17.6 Å². The highest BCUT2D eigenvalue weighted by atomic mass is 16.4. The number of hydrogen-bond acceptors (Lipinski definition) is 3. The smallest absolute Gasteiger partial charge is 0.321 e. The summed E-state index contributed by atoms with van der Waals surface area (Å²) < 4.78 is 5.84. The molecule has 0 bridgehead atoms. The SMILES string of the molecule is O=C(O)C(Cc1c[nH]c2ccccc12)NCc1ccc(-c2ccccc2)o1. The van der Waals surface area contributed by atoms with Gasteiger partial charge in [0.2, 0.25) is 0 Å². The summed E-state index contributed by atoms with van der Waals surface area (Å²) in [5, 5.41) is 13.7. The van der Waals surface area contributed by atoms with Crippen LogP contribution in [0.5, 0.6) is 0 Å². The van der Waals surface area contributed by atoms with Crippen LogP contribution in [0.1, 0.15) is 11.3 Å². The van der Waals surface area contributed by atoms with E-state index >= 15 is 0 Å². The highest BCUT2D eigenvalue weighted by Crippen LogP contribution is 2.22. The molecule has 5 nitrogen and oxygen atoms in total. The molecule has 0 saturated heterocycles. The number of carboxylic acids is 1. The van der Waals surface area contributed by atoms with Crippen molar-refractivity contribution in [3.63, 3.8) is 0 Å². The van der Waals surface area contributed by atoms with Crippen LogP contribution < -0.4 is 5.32 Å². The Labute approximate surface area is 156 Å². The predicted molar refractivity (Wildman–Crippen MR) is 104 cm³/mol. The summed E-state index contributed by atoms with van der Waals surface area (Å²) in [7, 11) is 0. The van der Waals surface area contributed by atoms with Crippen molar-refractivity contribution in [2.75, 3.05) is 0 Å². The number of H-pyrrole nitrogens is 1. The minimum Gasteiger partial charge on any atom is -0.480 e. The number of hydrogen-bond donors (Lipinski definition) is 3. The summed E-state index contributed by atoms with van der Waals surface area (Å²) in [6.07, 6.45) is 2.27. The van der Waals surface area contributed by atoms with E-state index in [4.69, 9.17) is 4.42 Å². The number of carbonyl (C=O) groups is 1. The van der Waals surface area contributed by atoms with Gasteiger partial charge in [0.05, 0.1) is 6.54 Å². The van der Waals surface area contributed by atoms with Crippen molar-refractivity contribution in [1.82, 2.24) is 10.3 Å². The molecule has 0 aliphatic rings. The molecule has 3 N–H and O–H groups in total. The van der Waals surface area contributed by atoms with E-state index < -0.39 is 12.0 Å². The molecule has 4 rings (SSSR count). The maximum absolute atomic E-state index is 11.7. The van der Waals surface area contributed by atoms with E-state index in [0.29, 0.717) is 18.7 Å². The number of aromatic nitrogens is 1. The molecule has 2 aromatic carbocycles. The number of rotatable bonds is 7. The van der Waals surface area contributed by atoms with E-state index in [1.165, 1.54) is 0 Å².